The van der Waals surface area contributed by atoms with E-state index in [4.69, 9.17) is 0 Å². The van der Waals surface area contributed by atoms with E-state index in [2.05, 4.69) is 9.97 Å². The number of pyridine rings is 1. The Morgan fingerprint density at radius 3 is 2.80 bits per heavy atom. The predicted molar refractivity (Wildman–Crippen MR) is 57.6 cm³/mol. The number of hydrogen-bond donors (Lipinski definition) is 0. The minimum atomic E-state index is 0.889. The van der Waals surface area contributed by atoms with Gasteiger partial charge in [0.2, 0.25) is 0 Å². The molecule has 5 heteroatoms. The van der Waals surface area contributed by atoms with Crippen molar-refractivity contribution in [3.05, 3.63) is 43.0 Å². The summed E-state index contributed by atoms with van der Waals surface area (Å²) < 4.78 is 4.06. The Bertz CT molecular complexity index is 610. The molecule has 0 atom stereocenters. The molecule has 0 aromatic carbocycles. The van der Waals surface area contributed by atoms with Gasteiger partial charge in [-0.1, -0.05) is 0 Å². The first-order valence-electron chi connectivity index (χ1n) is 4.57. The molecule has 0 aliphatic rings. The average Bonchev–Trinajstić information content (AvgIpc) is 2.83. The topological polar surface area (TPSA) is 35.1 Å². The molecule has 3 aromatic rings. The van der Waals surface area contributed by atoms with Crippen LogP contribution in [0.1, 0.15) is 0 Å². The zero-order chi connectivity index (χ0) is 10.3. The number of hydrogen-bond acceptors (Lipinski definition) is 2. The maximum absolute atomic E-state index is 4.39. The van der Waals surface area contributed by atoms with Crippen molar-refractivity contribution in [2.45, 2.75) is 0 Å². The average molecular weight is 253 g/mol. The normalized spacial score (nSPS) is 10.9. The van der Waals surface area contributed by atoms with E-state index >= 15 is 0 Å². The zero-order valence-electron chi connectivity index (χ0n) is 7.91. The van der Waals surface area contributed by atoms with Crippen molar-refractivity contribution in [3.8, 4) is 11.6 Å². The van der Waals surface area contributed by atoms with E-state index in [0.717, 1.165) is 17.2 Å². The summed E-state index contributed by atoms with van der Waals surface area (Å²) in [5.74, 6) is 1.79. The molecular formula is C10H7GaN4. The van der Waals surface area contributed by atoms with Gasteiger partial charge in [-0.25, -0.2) is 0 Å². The molecule has 0 saturated heterocycles. The van der Waals surface area contributed by atoms with Crippen molar-refractivity contribution >= 4 is 24.4 Å². The summed E-state index contributed by atoms with van der Waals surface area (Å²) in [6.45, 7) is 0. The van der Waals surface area contributed by atoms with Gasteiger partial charge >= 0.3 is 96.6 Å². The summed E-state index contributed by atoms with van der Waals surface area (Å²) in [4.78, 5) is 8.69. The van der Waals surface area contributed by atoms with E-state index in [1.165, 1.54) is 18.8 Å². The summed E-state index contributed by atoms with van der Waals surface area (Å²) in [5, 5.41) is 0. The molecule has 2 radical (unpaired) electrons. The second-order valence-electron chi connectivity index (χ2n) is 3.24. The SMILES string of the molecule is [Ga][n]1ccnc1-c1ncc2ccccn12. The van der Waals surface area contributed by atoms with Gasteiger partial charge in [0, 0.05) is 0 Å². The van der Waals surface area contributed by atoms with E-state index in [-0.39, 0.29) is 0 Å². The first kappa shape index (κ1) is 8.81. The molecule has 0 unspecified atom stereocenters. The molecule has 70 valence electrons. The van der Waals surface area contributed by atoms with Gasteiger partial charge in [-0.05, 0) is 0 Å². The second kappa shape index (κ2) is 3.29. The fourth-order valence-electron chi connectivity index (χ4n) is 1.60. The first-order chi connectivity index (χ1) is 7.36. The molecule has 3 aromatic heterocycles. The number of nitrogens with zero attached hydrogens (tertiary/aromatic N) is 4. The third kappa shape index (κ3) is 1.31. The van der Waals surface area contributed by atoms with E-state index in [1.807, 2.05) is 44.5 Å². The molecule has 0 amide bonds. The summed E-state index contributed by atoms with van der Waals surface area (Å²) in [6, 6.07) is 6.03. The number of fused-ring (bicyclic) bond motifs is 1. The monoisotopic (exact) mass is 252 g/mol. The van der Waals surface area contributed by atoms with E-state index in [1.54, 1.807) is 6.20 Å². The summed E-state index contributed by atoms with van der Waals surface area (Å²) >= 11 is 1.49. The van der Waals surface area contributed by atoms with Crippen LogP contribution in [0.3, 0.4) is 0 Å². The summed E-state index contributed by atoms with van der Waals surface area (Å²) in [7, 11) is 0. The third-order valence-electron chi connectivity index (χ3n) is 2.31. The van der Waals surface area contributed by atoms with Gasteiger partial charge in [-0.2, -0.15) is 0 Å². The molecule has 3 heterocycles. The molecular weight excluding hydrogens is 246 g/mol. The van der Waals surface area contributed by atoms with Crippen LogP contribution in [0.5, 0.6) is 0 Å². The standard InChI is InChI=1S/C10H7N4.Ga/c1-2-6-14-8(3-1)7-13-10(14)9-11-4-5-12-9;/h1-7H;/q-1;+1. The third-order valence-corrected chi connectivity index (χ3v) is 3.18. The van der Waals surface area contributed by atoms with Crippen LogP contribution in [-0.2, 0) is 0 Å². The quantitative estimate of drug-likeness (QED) is 0.609. The molecule has 0 aliphatic carbocycles. The van der Waals surface area contributed by atoms with Crippen molar-refractivity contribution in [3.63, 3.8) is 0 Å². The summed E-state index contributed by atoms with van der Waals surface area (Å²) in [5.41, 5.74) is 1.09. The van der Waals surface area contributed by atoms with Crippen LogP contribution in [0, 0.1) is 0 Å². The predicted octanol–water partition coefficient (Wildman–Crippen LogP) is 1.13. The summed E-state index contributed by atoms with van der Waals surface area (Å²) in [6.07, 6.45) is 7.59. The van der Waals surface area contributed by atoms with Crippen molar-refractivity contribution in [2.24, 2.45) is 0 Å². The van der Waals surface area contributed by atoms with Gasteiger partial charge in [0.05, 0.1) is 0 Å². The number of imidazole rings is 2. The number of aromatic nitrogens is 4. The van der Waals surface area contributed by atoms with Gasteiger partial charge in [0.15, 0.2) is 0 Å². The zero-order valence-corrected chi connectivity index (χ0v) is 10.3. The van der Waals surface area contributed by atoms with Crippen LogP contribution in [-0.4, -0.2) is 36.5 Å². The Morgan fingerprint density at radius 1 is 1.07 bits per heavy atom. The first-order valence-corrected chi connectivity index (χ1v) is 5.65. The molecule has 3 rings (SSSR count). The Kier molecular flexibility index (Phi) is 1.93. The van der Waals surface area contributed by atoms with E-state index < -0.39 is 0 Å². The van der Waals surface area contributed by atoms with Crippen LogP contribution in [0.15, 0.2) is 43.0 Å². The van der Waals surface area contributed by atoms with Crippen LogP contribution in [0.4, 0.5) is 0 Å². The van der Waals surface area contributed by atoms with Crippen molar-refractivity contribution in [1.29, 1.82) is 0 Å². The van der Waals surface area contributed by atoms with Crippen molar-refractivity contribution in [2.75, 3.05) is 0 Å². The maximum atomic E-state index is 4.39. The molecule has 4 nitrogen and oxygen atoms in total. The molecule has 0 bridgehead atoms. The molecule has 0 aliphatic heterocycles. The Morgan fingerprint density at radius 2 is 2.00 bits per heavy atom. The molecule has 0 N–H and O–H groups in total. The van der Waals surface area contributed by atoms with Gasteiger partial charge in [0.1, 0.15) is 0 Å². The minimum absolute atomic E-state index is 0.889. The van der Waals surface area contributed by atoms with Gasteiger partial charge < -0.3 is 0 Å². The van der Waals surface area contributed by atoms with Gasteiger partial charge in [-0.3, -0.25) is 0 Å². The fraction of sp³-hybridized carbons (Fsp3) is 0. The van der Waals surface area contributed by atoms with Crippen molar-refractivity contribution < 1.29 is 0 Å². The molecule has 0 fully saturated rings. The fourth-order valence-corrected chi connectivity index (χ4v) is 2.14. The van der Waals surface area contributed by atoms with Crippen LogP contribution in [0.2, 0.25) is 0 Å². The Hall–Kier alpha value is -1.46. The molecule has 15 heavy (non-hydrogen) atoms. The number of rotatable bonds is 1. The Labute approximate surface area is 96.8 Å². The van der Waals surface area contributed by atoms with E-state index in [0.29, 0.717) is 0 Å². The van der Waals surface area contributed by atoms with Crippen LogP contribution in [0.25, 0.3) is 17.2 Å². The van der Waals surface area contributed by atoms with Gasteiger partial charge in [-0.15, -0.1) is 0 Å². The van der Waals surface area contributed by atoms with Gasteiger partial charge in [0.25, 0.3) is 0 Å². The molecule has 0 saturated carbocycles. The van der Waals surface area contributed by atoms with Crippen LogP contribution < -0.4 is 0 Å². The van der Waals surface area contributed by atoms with Crippen LogP contribution >= 0.6 is 0 Å². The van der Waals surface area contributed by atoms with E-state index in [9.17, 15) is 0 Å². The second-order valence-corrected chi connectivity index (χ2v) is 4.40. The Balaban J connectivity index is 2.32. The molecule has 0 spiro atoms. The van der Waals surface area contributed by atoms with Crippen molar-refractivity contribution in [1.82, 2.24) is 17.6 Å².